The van der Waals surface area contributed by atoms with Crippen LogP contribution in [0.2, 0.25) is 0 Å². The first kappa shape index (κ1) is 10.3. The van der Waals surface area contributed by atoms with Crippen LogP contribution < -0.4 is 0 Å². The molecule has 0 heterocycles. The molecule has 0 radical (unpaired) electrons. The van der Waals surface area contributed by atoms with Crippen LogP contribution in [0.4, 0.5) is 3.89 Å². The molecule has 2 atom stereocenters. The third kappa shape index (κ3) is 2.10. The minimum atomic E-state index is -2.56. The van der Waals surface area contributed by atoms with Crippen LogP contribution in [0.3, 0.4) is 0 Å². The molecule has 4 heteroatoms. The van der Waals surface area contributed by atoms with Crippen molar-refractivity contribution in [1.29, 1.82) is 10.5 Å². The van der Waals surface area contributed by atoms with Gasteiger partial charge in [-0.25, -0.2) is 0 Å². The van der Waals surface area contributed by atoms with Crippen molar-refractivity contribution in [3.05, 3.63) is 0 Å². The highest BCUT2D eigenvalue weighted by atomic mass is 32.3. The van der Waals surface area contributed by atoms with E-state index < -0.39 is 20.9 Å². The van der Waals surface area contributed by atoms with Crippen molar-refractivity contribution in [2.45, 2.75) is 24.3 Å². The van der Waals surface area contributed by atoms with Crippen molar-refractivity contribution >= 4 is 10.4 Å². The van der Waals surface area contributed by atoms with Crippen LogP contribution in [0.15, 0.2) is 0 Å². The summed E-state index contributed by atoms with van der Waals surface area (Å²) in [5, 5.41) is 15.6. The Morgan fingerprint density at radius 3 is 1.64 bits per heavy atom. The molecule has 0 aromatic rings. The molecule has 0 spiro atoms. The lowest BCUT2D eigenvalue weighted by atomic mass is 10.5. The first-order chi connectivity index (χ1) is 4.96. The Kier molecular flexibility index (Phi) is 3.35. The van der Waals surface area contributed by atoms with Crippen LogP contribution in [0.25, 0.3) is 0 Å². The Labute approximate surface area is 68.2 Å². The lowest BCUT2D eigenvalue weighted by Gasteiger charge is -2.30. The van der Waals surface area contributed by atoms with Crippen LogP contribution in [0.5, 0.6) is 0 Å². The normalized spacial score (nSPS) is 23.5. The van der Waals surface area contributed by atoms with E-state index in [2.05, 4.69) is 0 Å². The summed E-state index contributed by atoms with van der Waals surface area (Å²) < 4.78 is 13.5. The van der Waals surface area contributed by atoms with Gasteiger partial charge in [-0.2, -0.15) is 14.4 Å². The molecular weight excluding hydrogens is 163 g/mol. The number of halogens is 1. The summed E-state index contributed by atoms with van der Waals surface area (Å²) in [6.07, 6.45) is 1.37. The van der Waals surface area contributed by atoms with E-state index in [4.69, 9.17) is 10.5 Å². The lowest BCUT2D eigenvalue weighted by molar-refractivity contribution is 0.856. The minimum absolute atomic E-state index is 0.655. The molecule has 2 nitrogen and oxygen atoms in total. The van der Waals surface area contributed by atoms with E-state index >= 15 is 0 Å². The standard InChI is InChI=1S/C7H11FN2S/c1-6(4-9)11(3,8)7(2)5-10/h6-7H,1-3H3. The molecule has 62 valence electrons. The average Bonchev–Trinajstić information content (AvgIpc) is 2.01. The second kappa shape index (κ2) is 3.59. The molecule has 2 unspecified atom stereocenters. The van der Waals surface area contributed by atoms with Gasteiger partial charge in [0.15, 0.2) is 0 Å². The Morgan fingerprint density at radius 1 is 1.18 bits per heavy atom. The molecular formula is C7H11FN2S. The predicted octanol–water partition coefficient (Wildman–Crippen LogP) is 2.13. The van der Waals surface area contributed by atoms with Crippen molar-refractivity contribution < 1.29 is 3.89 Å². The maximum absolute atomic E-state index is 13.5. The molecule has 0 N–H and O–H groups in total. The molecule has 0 aliphatic rings. The smallest absolute Gasteiger partial charge is 0.0999 e. The van der Waals surface area contributed by atoms with Gasteiger partial charge in [-0.05, 0) is 20.1 Å². The first-order valence-electron chi connectivity index (χ1n) is 3.21. The molecule has 0 aromatic carbocycles. The highest BCUT2D eigenvalue weighted by molar-refractivity contribution is 8.30. The third-order valence-electron chi connectivity index (χ3n) is 1.75. The van der Waals surface area contributed by atoms with Gasteiger partial charge < -0.3 is 0 Å². The largest absolute Gasteiger partial charge is 0.197 e. The predicted molar refractivity (Wildman–Crippen MR) is 44.8 cm³/mol. The summed E-state index contributed by atoms with van der Waals surface area (Å²) in [4.78, 5) is 0. The molecule has 0 amide bonds. The summed E-state index contributed by atoms with van der Waals surface area (Å²) in [7, 11) is -2.56. The van der Waals surface area contributed by atoms with E-state index in [1.165, 1.54) is 20.1 Å². The lowest BCUT2D eigenvalue weighted by Crippen LogP contribution is -2.17. The molecule has 0 saturated carbocycles. The second-order valence-electron chi connectivity index (χ2n) is 2.48. The zero-order valence-electron chi connectivity index (χ0n) is 6.84. The van der Waals surface area contributed by atoms with Gasteiger partial charge in [0.05, 0.1) is 22.6 Å². The first-order valence-corrected chi connectivity index (χ1v) is 5.28. The van der Waals surface area contributed by atoms with Gasteiger partial charge in [0.25, 0.3) is 0 Å². The Hall–Kier alpha value is -0.740. The third-order valence-corrected chi connectivity index (χ3v) is 4.72. The zero-order valence-corrected chi connectivity index (χ0v) is 7.65. The number of rotatable bonds is 2. The van der Waals surface area contributed by atoms with E-state index in [0.717, 1.165) is 0 Å². The highest BCUT2D eigenvalue weighted by Crippen LogP contribution is 2.54. The summed E-state index contributed by atoms with van der Waals surface area (Å²) in [5.74, 6) is 0. The van der Waals surface area contributed by atoms with E-state index in [0.29, 0.717) is 0 Å². The Bertz CT molecular complexity index is 191. The van der Waals surface area contributed by atoms with Crippen LogP contribution in [0, 0.1) is 22.7 Å². The average molecular weight is 174 g/mol. The maximum atomic E-state index is 13.5. The summed E-state index contributed by atoms with van der Waals surface area (Å²) in [6.45, 7) is 3.03. The van der Waals surface area contributed by atoms with Crippen molar-refractivity contribution in [3.63, 3.8) is 0 Å². The number of hydrogen-bond acceptors (Lipinski definition) is 2. The van der Waals surface area contributed by atoms with Gasteiger partial charge in [0, 0.05) is 0 Å². The minimum Gasteiger partial charge on any atom is -0.197 e. The summed E-state index contributed by atoms with van der Waals surface area (Å²) >= 11 is 0. The second-order valence-corrected chi connectivity index (χ2v) is 5.78. The highest BCUT2D eigenvalue weighted by Gasteiger charge is 2.31. The van der Waals surface area contributed by atoms with Gasteiger partial charge in [0.2, 0.25) is 0 Å². The summed E-state index contributed by atoms with van der Waals surface area (Å²) in [5.41, 5.74) is 0. The molecule has 11 heavy (non-hydrogen) atoms. The molecule has 0 aliphatic carbocycles. The fourth-order valence-electron chi connectivity index (χ4n) is 0.512. The molecule has 0 bridgehead atoms. The number of nitrogens with zero attached hydrogens (tertiary/aromatic N) is 2. The van der Waals surface area contributed by atoms with Crippen molar-refractivity contribution in [2.75, 3.05) is 6.26 Å². The van der Waals surface area contributed by atoms with Crippen molar-refractivity contribution in [3.8, 4) is 12.1 Å². The Balaban J connectivity index is 4.50. The van der Waals surface area contributed by atoms with Crippen LogP contribution in [-0.4, -0.2) is 16.8 Å². The van der Waals surface area contributed by atoms with Gasteiger partial charge in [-0.3, -0.25) is 0 Å². The SMILES string of the molecule is CC(C#N)S(C)(F)C(C)C#N. The fraction of sp³-hybridized carbons (Fsp3) is 0.714. The van der Waals surface area contributed by atoms with E-state index in [-0.39, 0.29) is 0 Å². The van der Waals surface area contributed by atoms with Gasteiger partial charge in [0.1, 0.15) is 0 Å². The van der Waals surface area contributed by atoms with E-state index in [1.54, 1.807) is 0 Å². The maximum Gasteiger partial charge on any atom is 0.0999 e. The van der Waals surface area contributed by atoms with Crippen molar-refractivity contribution in [1.82, 2.24) is 0 Å². The monoisotopic (exact) mass is 174 g/mol. The number of hydrogen-bond donors (Lipinski definition) is 0. The fourth-order valence-corrected chi connectivity index (χ4v) is 1.54. The number of nitriles is 2. The zero-order chi connectivity index (χ0) is 9.07. The van der Waals surface area contributed by atoms with Crippen LogP contribution in [0.1, 0.15) is 13.8 Å². The molecule has 0 aromatic heterocycles. The summed E-state index contributed by atoms with van der Waals surface area (Å²) in [6, 6.07) is 3.66. The quantitative estimate of drug-likeness (QED) is 0.643. The van der Waals surface area contributed by atoms with E-state index in [1.807, 2.05) is 12.1 Å². The van der Waals surface area contributed by atoms with Gasteiger partial charge in [-0.15, -0.1) is 0 Å². The molecule has 0 saturated heterocycles. The van der Waals surface area contributed by atoms with Gasteiger partial charge >= 0.3 is 0 Å². The van der Waals surface area contributed by atoms with Gasteiger partial charge in [-0.1, -0.05) is 10.4 Å². The van der Waals surface area contributed by atoms with Crippen LogP contribution in [-0.2, 0) is 0 Å². The van der Waals surface area contributed by atoms with Crippen molar-refractivity contribution in [2.24, 2.45) is 0 Å². The molecule has 0 rings (SSSR count). The van der Waals surface area contributed by atoms with Crippen LogP contribution >= 0.6 is 10.4 Å². The topological polar surface area (TPSA) is 47.6 Å². The van der Waals surface area contributed by atoms with E-state index in [9.17, 15) is 3.89 Å². The molecule has 0 aliphatic heterocycles. The molecule has 0 fully saturated rings. The Morgan fingerprint density at radius 2 is 1.45 bits per heavy atom.